The van der Waals surface area contributed by atoms with Crippen molar-refractivity contribution in [2.24, 2.45) is 0 Å². The third kappa shape index (κ3) is 4.97. The number of hydrogen-bond acceptors (Lipinski definition) is 4. The number of benzene rings is 3. The van der Waals surface area contributed by atoms with Gasteiger partial charge in [0.15, 0.2) is 5.52 Å². The maximum atomic E-state index is 12.9. The Morgan fingerprint density at radius 1 is 0.750 bits per heavy atom. The summed E-state index contributed by atoms with van der Waals surface area (Å²) in [6.45, 7) is 0. The summed E-state index contributed by atoms with van der Waals surface area (Å²) in [5.41, 5.74) is 2.67. The number of ether oxygens (including phenoxy) is 3. The van der Waals surface area contributed by atoms with E-state index in [4.69, 9.17) is 14.2 Å². The Balaban J connectivity index is 0.00000280. The topological polar surface area (TPSA) is 44.8 Å². The molecule has 0 saturated carbocycles. The first-order valence-electron chi connectivity index (χ1n) is 8.43. The summed E-state index contributed by atoms with van der Waals surface area (Å²) >= 11 is 0. The third-order valence-electron chi connectivity index (χ3n) is 4.19. The number of carbonyl (C=O) groups excluding carboxylic acids is 1. The molecule has 6 heteroatoms. The normalized spacial score (nSPS) is 10.4. The molecule has 4 nitrogen and oxygen atoms in total. The fraction of sp³-hybridized carbons (Fsp3) is 0.136. The summed E-state index contributed by atoms with van der Waals surface area (Å²) in [4.78, 5) is 12.9. The molecule has 0 aliphatic rings. The monoisotopic (exact) mass is 387 g/mol. The van der Waals surface area contributed by atoms with Crippen LogP contribution in [-0.2, 0) is 0 Å². The van der Waals surface area contributed by atoms with Gasteiger partial charge in [-0.3, -0.25) is 4.79 Å². The molecule has 139 valence electrons. The fourth-order valence-corrected chi connectivity index (χ4v) is 3.77. The van der Waals surface area contributed by atoms with E-state index in [0.29, 0.717) is 22.8 Å². The fourth-order valence-electron chi connectivity index (χ4n) is 2.80. The molecule has 0 spiro atoms. The van der Waals surface area contributed by atoms with Gasteiger partial charge in [0.2, 0.25) is 0 Å². The maximum Gasteiger partial charge on any atom is 0.193 e. The molecule has 0 N–H and O–H groups in total. The molecule has 0 fully saturated rings. The summed E-state index contributed by atoms with van der Waals surface area (Å²) in [6.07, 6.45) is 0. The van der Waals surface area contributed by atoms with Crippen molar-refractivity contribution in [3.05, 3.63) is 72.3 Å². The van der Waals surface area contributed by atoms with Crippen molar-refractivity contribution in [2.45, 2.75) is 0 Å². The van der Waals surface area contributed by atoms with E-state index in [1.165, 1.54) is 14.2 Å². The summed E-state index contributed by atoms with van der Waals surface area (Å²) in [5, 5.41) is 0.958. The van der Waals surface area contributed by atoms with Gasteiger partial charge in [-0.05, 0) is 25.0 Å². The summed E-state index contributed by atoms with van der Waals surface area (Å²) in [7, 11) is 4.59. The van der Waals surface area contributed by atoms with Gasteiger partial charge in [-0.25, -0.2) is 0 Å². The van der Waals surface area contributed by atoms with Crippen molar-refractivity contribution in [1.29, 1.82) is 0 Å². The van der Waals surface area contributed by atoms with Gasteiger partial charge in [0.05, 0.1) is 21.3 Å². The molecule has 0 heterocycles. The second-order valence-electron chi connectivity index (χ2n) is 5.80. The third-order valence-corrected chi connectivity index (χ3v) is 5.29. The molecule has 0 aliphatic heterocycles. The molecule has 1 atom stereocenters. The molecule has 1 radical (unpaired) electrons. The van der Waals surface area contributed by atoms with Crippen LogP contribution in [0.1, 0.15) is 10.4 Å². The molecule has 0 aliphatic carbocycles. The van der Waals surface area contributed by atoms with Crippen molar-refractivity contribution in [1.82, 2.24) is 0 Å². The Labute approximate surface area is 179 Å². The quantitative estimate of drug-likeness (QED) is 0.452. The molecule has 3 aromatic carbocycles. The van der Waals surface area contributed by atoms with Crippen LogP contribution in [0.15, 0.2) is 66.7 Å². The summed E-state index contributed by atoms with van der Waals surface area (Å²) in [6, 6.07) is 21.6. The zero-order chi connectivity index (χ0) is 19.2. The minimum absolute atomic E-state index is 0. The Hall–Kier alpha value is -2.24. The van der Waals surface area contributed by atoms with Crippen LogP contribution in [0.4, 0.5) is 0 Å². The van der Waals surface area contributed by atoms with E-state index < -0.39 is 0 Å². The van der Waals surface area contributed by atoms with Crippen LogP contribution in [0.3, 0.4) is 0 Å². The van der Waals surface area contributed by atoms with Crippen molar-refractivity contribution in [3.63, 3.8) is 0 Å². The van der Waals surface area contributed by atoms with E-state index in [1.54, 1.807) is 19.2 Å². The van der Waals surface area contributed by atoms with E-state index in [0.717, 1.165) is 16.4 Å². The SMILES string of the molecule is COc1cc(OC)c(C(=O)Pc2ccc(-c3ccccc3)cc2)c(OC)c1.[Li]. The average molecular weight is 387 g/mol. The van der Waals surface area contributed by atoms with E-state index in [9.17, 15) is 4.79 Å². The molecule has 0 saturated heterocycles. The molecule has 0 aromatic heterocycles. The smallest absolute Gasteiger partial charge is 0.193 e. The van der Waals surface area contributed by atoms with Crippen molar-refractivity contribution < 1.29 is 19.0 Å². The largest absolute Gasteiger partial charge is 0.496 e. The Morgan fingerprint density at radius 3 is 1.79 bits per heavy atom. The second kappa shape index (κ2) is 10.3. The summed E-state index contributed by atoms with van der Waals surface area (Å²) < 4.78 is 16.0. The molecule has 1 unspecified atom stereocenters. The standard InChI is InChI=1S/C22H21O4P.Li/c1-24-17-13-19(25-2)21(20(14-17)26-3)22(23)27-18-11-9-16(10-12-18)15-7-5-4-6-8-15;/h4-14,27H,1-3H3;. The first kappa shape index (κ1) is 22.1. The van der Waals surface area contributed by atoms with Crippen molar-refractivity contribution in [2.75, 3.05) is 21.3 Å². The van der Waals surface area contributed by atoms with Gasteiger partial charge in [0, 0.05) is 31.0 Å². The van der Waals surface area contributed by atoms with E-state index >= 15 is 0 Å². The van der Waals surface area contributed by atoms with Gasteiger partial charge in [0.25, 0.3) is 0 Å². The number of carbonyl (C=O) groups is 1. The van der Waals surface area contributed by atoms with Gasteiger partial charge in [-0.1, -0.05) is 54.6 Å². The van der Waals surface area contributed by atoms with Gasteiger partial charge >= 0.3 is 0 Å². The molecule has 3 aromatic rings. The molecule has 28 heavy (non-hydrogen) atoms. The Morgan fingerprint density at radius 2 is 1.29 bits per heavy atom. The molecule has 0 amide bonds. The number of hydrogen-bond donors (Lipinski definition) is 0. The molecular formula is C22H21LiO4P. The zero-order valence-corrected chi connectivity index (χ0v) is 17.5. The Bertz CT molecular complexity index is 902. The van der Waals surface area contributed by atoms with Gasteiger partial charge in [0.1, 0.15) is 22.8 Å². The van der Waals surface area contributed by atoms with Gasteiger partial charge in [-0.2, -0.15) is 0 Å². The minimum Gasteiger partial charge on any atom is -0.496 e. The predicted molar refractivity (Wildman–Crippen MR) is 116 cm³/mol. The first-order chi connectivity index (χ1) is 13.2. The van der Waals surface area contributed by atoms with Crippen molar-refractivity contribution >= 4 is 38.3 Å². The van der Waals surface area contributed by atoms with Crippen LogP contribution in [0.5, 0.6) is 17.2 Å². The van der Waals surface area contributed by atoms with Crippen molar-refractivity contribution in [3.8, 4) is 28.4 Å². The number of rotatable bonds is 7. The maximum absolute atomic E-state index is 12.9. The van der Waals surface area contributed by atoms with Gasteiger partial charge < -0.3 is 14.2 Å². The molecule has 3 rings (SSSR count). The molecule has 0 bridgehead atoms. The van der Waals surface area contributed by atoms with Crippen LogP contribution in [-0.4, -0.2) is 45.7 Å². The van der Waals surface area contributed by atoms with Crippen LogP contribution in [0.25, 0.3) is 11.1 Å². The van der Waals surface area contributed by atoms with E-state index in [1.807, 2.05) is 42.5 Å². The average Bonchev–Trinajstić information content (AvgIpc) is 2.73. The van der Waals surface area contributed by atoms with Crippen LogP contribution < -0.4 is 19.5 Å². The van der Waals surface area contributed by atoms with Gasteiger partial charge in [-0.15, -0.1) is 0 Å². The zero-order valence-electron chi connectivity index (χ0n) is 16.5. The second-order valence-corrected chi connectivity index (χ2v) is 7.09. The van der Waals surface area contributed by atoms with Crippen LogP contribution in [0.2, 0.25) is 0 Å². The Kier molecular flexibility index (Phi) is 8.14. The predicted octanol–water partition coefficient (Wildman–Crippen LogP) is 4.14. The van der Waals surface area contributed by atoms with Crippen LogP contribution in [0, 0.1) is 0 Å². The summed E-state index contributed by atoms with van der Waals surface area (Å²) in [5.74, 6) is 1.48. The first-order valence-corrected chi connectivity index (χ1v) is 9.43. The molecular weight excluding hydrogens is 366 g/mol. The van der Waals surface area contributed by atoms with E-state index in [2.05, 4.69) is 12.1 Å². The minimum atomic E-state index is -0.0428. The van der Waals surface area contributed by atoms with E-state index in [-0.39, 0.29) is 33.0 Å². The number of methoxy groups -OCH3 is 3. The van der Waals surface area contributed by atoms with Crippen LogP contribution >= 0.6 is 8.58 Å².